The summed E-state index contributed by atoms with van der Waals surface area (Å²) >= 11 is 0. The maximum atomic E-state index is 11.9. The lowest BCUT2D eigenvalue weighted by molar-refractivity contribution is 0.579. The normalized spacial score (nSPS) is 13.5. The first-order valence-corrected chi connectivity index (χ1v) is 8.23. The number of rotatable bonds is 7. The van der Waals surface area contributed by atoms with Crippen molar-refractivity contribution in [3.8, 4) is 0 Å². The fourth-order valence-corrected chi connectivity index (χ4v) is 3.39. The van der Waals surface area contributed by atoms with Gasteiger partial charge in [-0.1, -0.05) is 36.2 Å². The van der Waals surface area contributed by atoms with Gasteiger partial charge in [0.05, 0.1) is 11.5 Å². The highest BCUT2D eigenvalue weighted by Crippen LogP contribution is 2.11. The van der Waals surface area contributed by atoms with E-state index in [2.05, 4.69) is 0 Å². The van der Waals surface area contributed by atoms with Gasteiger partial charge in [0.15, 0.2) is 9.84 Å². The van der Waals surface area contributed by atoms with Gasteiger partial charge in [0.1, 0.15) is 0 Å². The summed E-state index contributed by atoms with van der Waals surface area (Å²) in [6, 6.07) is 7.82. The molecule has 0 heterocycles. The third-order valence-corrected chi connectivity index (χ3v) is 4.52. The zero-order chi connectivity index (χ0) is 13.6. The molecule has 1 aromatic rings. The van der Waals surface area contributed by atoms with Gasteiger partial charge in [0, 0.05) is 6.04 Å². The van der Waals surface area contributed by atoms with E-state index in [-0.39, 0.29) is 17.5 Å². The highest BCUT2D eigenvalue weighted by atomic mass is 32.2. The number of hydrogen-bond donors (Lipinski definition) is 1. The molecule has 0 spiro atoms. The topological polar surface area (TPSA) is 60.2 Å². The minimum atomic E-state index is -2.99. The van der Waals surface area contributed by atoms with Crippen LogP contribution < -0.4 is 5.73 Å². The summed E-state index contributed by atoms with van der Waals surface area (Å²) in [6.07, 6.45) is 2.47. The minimum absolute atomic E-state index is 0.146. The van der Waals surface area contributed by atoms with Gasteiger partial charge in [-0.2, -0.15) is 0 Å². The summed E-state index contributed by atoms with van der Waals surface area (Å²) in [4.78, 5) is 0. The lowest BCUT2D eigenvalue weighted by Gasteiger charge is -2.07. The van der Waals surface area contributed by atoms with Crippen molar-refractivity contribution in [2.45, 2.75) is 44.9 Å². The third kappa shape index (κ3) is 6.17. The SMILES string of the molecule is Cc1cccc(CS(=O)(=O)CCCCC(C)N)c1. The molecule has 1 unspecified atom stereocenters. The molecule has 102 valence electrons. The molecule has 0 saturated heterocycles. The Balaban J connectivity index is 2.45. The van der Waals surface area contributed by atoms with Crippen LogP contribution in [0.3, 0.4) is 0 Å². The van der Waals surface area contributed by atoms with Crippen LogP contribution in [0.4, 0.5) is 0 Å². The maximum absolute atomic E-state index is 11.9. The molecule has 0 aliphatic rings. The van der Waals surface area contributed by atoms with Crippen molar-refractivity contribution in [1.29, 1.82) is 0 Å². The predicted octanol–water partition coefficient (Wildman–Crippen LogP) is 2.43. The van der Waals surface area contributed by atoms with Crippen molar-refractivity contribution < 1.29 is 8.42 Å². The Morgan fingerprint density at radius 3 is 2.61 bits per heavy atom. The van der Waals surface area contributed by atoms with Crippen LogP contribution in [0.5, 0.6) is 0 Å². The second-order valence-corrected chi connectivity index (χ2v) is 7.24. The van der Waals surface area contributed by atoms with Gasteiger partial charge < -0.3 is 5.73 Å². The molecule has 18 heavy (non-hydrogen) atoms. The molecule has 0 fully saturated rings. The number of aryl methyl sites for hydroxylation is 1. The molecule has 1 atom stereocenters. The zero-order valence-corrected chi connectivity index (χ0v) is 12.0. The molecule has 4 heteroatoms. The molecule has 0 aliphatic carbocycles. The molecule has 0 radical (unpaired) electrons. The Hall–Kier alpha value is -0.870. The molecule has 0 amide bonds. The summed E-state index contributed by atoms with van der Waals surface area (Å²) in [5.74, 6) is 0.403. The number of sulfone groups is 1. The summed E-state index contributed by atoms with van der Waals surface area (Å²) in [6.45, 7) is 3.92. The molecule has 0 bridgehead atoms. The fourth-order valence-electron chi connectivity index (χ4n) is 1.92. The van der Waals surface area contributed by atoms with E-state index >= 15 is 0 Å². The van der Waals surface area contributed by atoms with Crippen LogP contribution in [0, 0.1) is 6.92 Å². The first-order chi connectivity index (χ1) is 8.39. The molecular weight excluding hydrogens is 246 g/mol. The van der Waals surface area contributed by atoms with Crippen LogP contribution in [0.25, 0.3) is 0 Å². The lowest BCUT2D eigenvalue weighted by Crippen LogP contribution is -2.15. The van der Waals surface area contributed by atoms with Crippen molar-refractivity contribution in [3.63, 3.8) is 0 Å². The Kier molecular flexibility index (Phi) is 5.82. The summed E-state index contributed by atoms with van der Waals surface area (Å²) in [5, 5.41) is 0. The number of benzene rings is 1. The van der Waals surface area contributed by atoms with Crippen molar-refractivity contribution in [3.05, 3.63) is 35.4 Å². The van der Waals surface area contributed by atoms with Crippen molar-refractivity contribution in [2.75, 3.05) is 5.75 Å². The minimum Gasteiger partial charge on any atom is -0.328 e. The Morgan fingerprint density at radius 2 is 2.00 bits per heavy atom. The average Bonchev–Trinajstić information content (AvgIpc) is 2.23. The van der Waals surface area contributed by atoms with Gasteiger partial charge in [-0.25, -0.2) is 8.42 Å². The molecule has 3 nitrogen and oxygen atoms in total. The third-order valence-electron chi connectivity index (χ3n) is 2.83. The van der Waals surface area contributed by atoms with Crippen molar-refractivity contribution in [2.24, 2.45) is 5.73 Å². The molecule has 2 N–H and O–H groups in total. The van der Waals surface area contributed by atoms with E-state index in [1.54, 1.807) is 0 Å². The van der Waals surface area contributed by atoms with Crippen LogP contribution >= 0.6 is 0 Å². The van der Waals surface area contributed by atoms with Crippen molar-refractivity contribution >= 4 is 9.84 Å². The summed E-state index contributed by atoms with van der Waals surface area (Å²) in [7, 11) is -2.99. The standard InChI is InChI=1S/C14H23NO2S/c1-12-6-5-8-14(10-12)11-18(16,17)9-4-3-7-13(2)15/h5-6,8,10,13H,3-4,7,9,11,15H2,1-2H3. The molecule has 0 aliphatic heterocycles. The largest absolute Gasteiger partial charge is 0.328 e. The van der Waals surface area contributed by atoms with Gasteiger partial charge in [-0.3, -0.25) is 0 Å². The van der Waals surface area contributed by atoms with E-state index in [1.807, 2.05) is 38.1 Å². The second kappa shape index (κ2) is 6.90. The quantitative estimate of drug-likeness (QED) is 0.773. The van der Waals surface area contributed by atoms with Crippen LogP contribution in [0.15, 0.2) is 24.3 Å². The van der Waals surface area contributed by atoms with Crippen LogP contribution in [0.2, 0.25) is 0 Å². The number of hydrogen-bond acceptors (Lipinski definition) is 3. The van der Waals surface area contributed by atoms with Gasteiger partial charge in [0.25, 0.3) is 0 Å². The predicted molar refractivity (Wildman–Crippen MR) is 76.2 cm³/mol. The summed E-state index contributed by atoms with van der Waals surface area (Å²) < 4.78 is 23.8. The van der Waals surface area contributed by atoms with E-state index < -0.39 is 9.84 Å². The van der Waals surface area contributed by atoms with Gasteiger partial charge in [0.2, 0.25) is 0 Å². The van der Waals surface area contributed by atoms with Gasteiger partial charge in [-0.05, 0) is 32.3 Å². The van der Waals surface area contributed by atoms with Crippen LogP contribution in [-0.2, 0) is 15.6 Å². The lowest BCUT2D eigenvalue weighted by atomic mass is 10.2. The monoisotopic (exact) mass is 269 g/mol. The second-order valence-electron chi connectivity index (χ2n) is 5.05. The van der Waals surface area contributed by atoms with Gasteiger partial charge in [-0.15, -0.1) is 0 Å². The Bertz CT molecular complexity index is 466. The molecule has 1 aromatic carbocycles. The maximum Gasteiger partial charge on any atom is 0.154 e. The van der Waals surface area contributed by atoms with Crippen LogP contribution in [-0.4, -0.2) is 20.2 Å². The van der Waals surface area contributed by atoms with Crippen LogP contribution in [0.1, 0.15) is 37.3 Å². The fraction of sp³-hybridized carbons (Fsp3) is 0.571. The first-order valence-electron chi connectivity index (χ1n) is 6.40. The zero-order valence-electron chi connectivity index (χ0n) is 11.2. The molecule has 0 saturated carbocycles. The number of unbranched alkanes of at least 4 members (excludes halogenated alkanes) is 1. The number of nitrogens with two attached hydrogens (primary N) is 1. The van der Waals surface area contributed by atoms with Gasteiger partial charge >= 0.3 is 0 Å². The molecule has 1 rings (SSSR count). The van der Waals surface area contributed by atoms with E-state index in [4.69, 9.17) is 5.73 Å². The van der Waals surface area contributed by atoms with E-state index in [0.29, 0.717) is 6.42 Å². The Labute approximate surface area is 110 Å². The molecule has 0 aromatic heterocycles. The van der Waals surface area contributed by atoms with E-state index in [9.17, 15) is 8.42 Å². The molecular formula is C14H23NO2S. The van der Waals surface area contributed by atoms with E-state index in [0.717, 1.165) is 24.0 Å². The Morgan fingerprint density at radius 1 is 1.28 bits per heavy atom. The highest BCUT2D eigenvalue weighted by molar-refractivity contribution is 7.90. The first kappa shape index (κ1) is 15.2. The van der Waals surface area contributed by atoms with Crippen molar-refractivity contribution in [1.82, 2.24) is 0 Å². The average molecular weight is 269 g/mol. The highest BCUT2D eigenvalue weighted by Gasteiger charge is 2.11. The summed E-state index contributed by atoms with van der Waals surface area (Å²) in [5.41, 5.74) is 7.61. The van der Waals surface area contributed by atoms with E-state index in [1.165, 1.54) is 0 Å². The smallest absolute Gasteiger partial charge is 0.154 e.